The fourth-order valence-corrected chi connectivity index (χ4v) is 3.53. The number of nitrogens with one attached hydrogen (secondary N) is 2. The van der Waals surface area contributed by atoms with E-state index < -0.39 is 10.0 Å². The minimum atomic E-state index is -3.88. The molecular formula is C16H24N4O4S. The van der Waals surface area contributed by atoms with Crippen LogP contribution in [0.15, 0.2) is 23.1 Å². The summed E-state index contributed by atoms with van der Waals surface area (Å²) in [5.41, 5.74) is 0.909. The van der Waals surface area contributed by atoms with Crippen molar-refractivity contribution in [3.05, 3.63) is 29.3 Å². The molecule has 1 aromatic carbocycles. The molecule has 138 valence electrons. The van der Waals surface area contributed by atoms with Crippen molar-refractivity contribution in [2.24, 2.45) is 5.14 Å². The molecule has 0 unspecified atom stereocenters. The summed E-state index contributed by atoms with van der Waals surface area (Å²) in [7, 11) is -2.05. The lowest BCUT2D eigenvalue weighted by atomic mass is 10.1. The second-order valence-corrected chi connectivity index (χ2v) is 7.84. The van der Waals surface area contributed by atoms with Crippen LogP contribution in [0.5, 0.6) is 0 Å². The Labute approximate surface area is 147 Å². The normalized spacial score (nSPS) is 21.1. The van der Waals surface area contributed by atoms with E-state index in [0.29, 0.717) is 25.1 Å². The molecule has 1 fully saturated rings. The molecule has 2 rings (SSSR count). The Balaban J connectivity index is 2.12. The lowest BCUT2D eigenvalue weighted by Gasteiger charge is -2.17. The number of likely N-dealkylation sites (N-methyl/N-ethyl adjacent to an activating group) is 2. The third kappa shape index (κ3) is 4.56. The number of nitrogens with zero attached hydrogens (tertiary/aromatic N) is 1. The Hall–Kier alpha value is -1.97. The number of aryl methyl sites for hydroxylation is 1. The van der Waals surface area contributed by atoms with Gasteiger partial charge in [0.1, 0.15) is 0 Å². The van der Waals surface area contributed by atoms with Gasteiger partial charge in [0.2, 0.25) is 15.9 Å². The van der Waals surface area contributed by atoms with Gasteiger partial charge in [-0.3, -0.25) is 14.5 Å². The van der Waals surface area contributed by atoms with Crippen molar-refractivity contribution < 1.29 is 18.0 Å². The Morgan fingerprint density at radius 1 is 1.36 bits per heavy atom. The van der Waals surface area contributed by atoms with E-state index in [1.165, 1.54) is 12.1 Å². The van der Waals surface area contributed by atoms with Gasteiger partial charge in [-0.25, -0.2) is 13.6 Å². The van der Waals surface area contributed by atoms with E-state index in [1.54, 1.807) is 13.0 Å². The number of nitrogens with two attached hydrogens (primary N) is 1. The highest BCUT2D eigenvalue weighted by atomic mass is 32.2. The summed E-state index contributed by atoms with van der Waals surface area (Å²) in [4.78, 5) is 26.4. The van der Waals surface area contributed by atoms with E-state index in [1.807, 2.05) is 18.9 Å². The first kappa shape index (κ1) is 19.4. The number of carbonyl (C=O) groups excluding carboxylic acids is 2. The molecule has 0 aromatic heterocycles. The van der Waals surface area contributed by atoms with Gasteiger partial charge in [0.25, 0.3) is 5.91 Å². The first-order valence-electron chi connectivity index (χ1n) is 8.05. The van der Waals surface area contributed by atoms with Gasteiger partial charge < -0.3 is 10.6 Å². The molecule has 1 heterocycles. The summed E-state index contributed by atoms with van der Waals surface area (Å²) in [5.74, 6) is -0.438. The van der Waals surface area contributed by atoms with Crippen LogP contribution in [0.3, 0.4) is 0 Å². The smallest absolute Gasteiger partial charge is 0.251 e. The van der Waals surface area contributed by atoms with Crippen molar-refractivity contribution in [3.8, 4) is 0 Å². The molecule has 4 N–H and O–H groups in total. The van der Waals surface area contributed by atoms with Gasteiger partial charge in [-0.15, -0.1) is 0 Å². The van der Waals surface area contributed by atoms with Crippen molar-refractivity contribution in [1.29, 1.82) is 0 Å². The summed E-state index contributed by atoms with van der Waals surface area (Å²) >= 11 is 0. The van der Waals surface area contributed by atoms with Gasteiger partial charge in [0.05, 0.1) is 10.9 Å². The predicted octanol–water partition coefficient (Wildman–Crippen LogP) is -0.419. The molecule has 25 heavy (non-hydrogen) atoms. The molecule has 0 radical (unpaired) electrons. The van der Waals surface area contributed by atoms with Crippen LogP contribution in [0.2, 0.25) is 0 Å². The van der Waals surface area contributed by atoms with Crippen molar-refractivity contribution in [2.75, 3.05) is 20.1 Å². The van der Waals surface area contributed by atoms with E-state index in [-0.39, 0.29) is 34.4 Å². The number of rotatable bonds is 5. The third-order valence-corrected chi connectivity index (χ3v) is 5.23. The Kier molecular flexibility index (Phi) is 5.81. The fourth-order valence-electron chi connectivity index (χ4n) is 2.99. The molecule has 2 atom stereocenters. The largest absolute Gasteiger partial charge is 0.355 e. The first-order valence-corrected chi connectivity index (χ1v) is 9.60. The van der Waals surface area contributed by atoms with Crippen LogP contribution < -0.4 is 15.8 Å². The zero-order valence-electron chi connectivity index (χ0n) is 14.6. The van der Waals surface area contributed by atoms with Crippen LogP contribution >= 0.6 is 0 Å². The number of carbonyl (C=O) groups is 2. The number of sulfonamides is 1. The quantitative estimate of drug-likeness (QED) is 0.652. The van der Waals surface area contributed by atoms with E-state index in [0.717, 1.165) is 0 Å². The van der Waals surface area contributed by atoms with Gasteiger partial charge in [-0.2, -0.15) is 0 Å². The molecule has 1 aliphatic rings. The molecule has 1 aromatic rings. The zero-order chi connectivity index (χ0) is 18.8. The topological polar surface area (TPSA) is 122 Å². The maximum absolute atomic E-state index is 12.5. The fraction of sp³-hybridized carbons (Fsp3) is 0.500. The number of amides is 2. The minimum Gasteiger partial charge on any atom is -0.355 e. The summed E-state index contributed by atoms with van der Waals surface area (Å²) in [5, 5.41) is 10.8. The van der Waals surface area contributed by atoms with Crippen molar-refractivity contribution in [3.63, 3.8) is 0 Å². The SMILES string of the molecule is CCNC(=O)[C@@H]1C[C@@H](NC(=O)c2cc(S(N)(=O)=O)ccc2C)CN1C. The third-order valence-electron chi connectivity index (χ3n) is 4.32. The van der Waals surface area contributed by atoms with E-state index >= 15 is 0 Å². The average Bonchev–Trinajstić information content (AvgIpc) is 2.87. The van der Waals surface area contributed by atoms with Gasteiger partial charge in [-0.05, 0) is 45.0 Å². The molecule has 8 nitrogen and oxygen atoms in total. The van der Waals surface area contributed by atoms with Crippen LogP contribution in [0.25, 0.3) is 0 Å². The Morgan fingerprint density at radius 2 is 2.04 bits per heavy atom. The van der Waals surface area contributed by atoms with Crippen LogP contribution in [-0.4, -0.2) is 57.4 Å². The van der Waals surface area contributed by atoms with Gasteiger partial charge in [0.15, 0.2) is 0 Å². The first-order chi connectivity index (χ1) is 11.6. The molecule has 0 saturated carbocycles. The summed E-state index contributed by atoms with van der Waals surface area (Å²) in [6, 6.07) is 3.72. The van der Waals surface area contributed by atoms with Crippen LogP contribution in [0, 0.1) is 6.92 Å². The molecule has 0 spiro atoms. The molecule has 1 saturated heterocycles. The van der Waals surface area contributed by atoms with Gasteiger partial charge >= 0.3 is 0 Å². The van der Waals surface area contributed by atoms with Gasteiger partial charge in [0, 0.05) is 24.7 Å². The second kappa shape index (κ2) is 7.51. The summed E-state index contributed by atoms with van der Waals surface area (Å²) in [6.07, 6.45) is 0.502. The molecule has 1 aliphatic heterocycles. The summed E-state index contributed by atoms with van der Waals surface area (Å²) in [6.45, 7) is 4.68. The Bertz CT molecular complexity index is 778. The predicted molar refractivity (Wildman–Crippen MR) is 93.5 cm³/mol. The highest BCUT2D eigenvalue weighted by molar-refractivity contribution is 7.89. The van der Waals surface area contributed by atoms with E-state index in [2.05, 4.69) is 10.6 Å². The molecule has 2 amide bonds. The molecule has 0 bridgehead atoms. The van der Waals surface area contributed by atoms with Crippen LogP contribution in [-0.2, 0) is 14.8 Å². The van der Waals surface area contributed by atoms with Crippen molar-refractivity contribution in [1.82, 2.24) is 15.5 Å². The highest BCUT2D eigenvalue weighted by Crippen LogP contribution is 2.18. The monoisotopic (exact) mass is 368 g/mol. The molecular weight excluding hydrogens is 344 g/mol. The van der Waals surface area contributed by atoms with E-state index in [4.69, 9.17) is 5.14 Å². The number of benzene rings is 1. The number of primary sulfonamides is 1. The lowest BCUT2D eigenvalue weighted by molar-refractivity contribution is -0.124. The number of likely N-dealkylation sites (tertiary alicyclic amines) is 1. The average molecular weight is 368 g/mol. The number of hydrogen-bond acceptors (Lipinski definition) is 5. The van der Waals surface area contributed by atoms with E-state index in [9.17, 15) is 18.0 Å². The lowest BCUT2D eigenvalue weighted by Crippen LogP contribution is -2.41. The van der Waals surface area contributed by atoms with Crippen molar-refractivity contribution >= 4 is 21.8 Å². The van der Waals surface area contributed by atoms with Gasteiger partial charge in [-0.1, -0.05) is 6.07 Å². The number of hydrogen-bond donors (Lipinski definition) is 3. The van der Waals surface area contributed by atoms with Crippen LogP contribution in [0.1, 0.15) is 29.3 Å². The standard InChI is InChI=1S/C16H24N4O4S/c1-4-18-16(22)14-7-11(9-20(14)3)19-15(21)13-8-12(25(17,23)24)6-5-10(13)2/h5-6,8,11,14H,4,7,9H2,1-3H3,(H,18,22)(H,19,21)(H2,17,23,24)/t11-,14+/m1/s1. The minimum absolute atomic E-state index is 0.0610. The van der Waals surface area contributed by atoms with Crippen LogP contribution in [0.4, 0.5) is 0 Å². The van der Waals surface area contributed by atoms with Crippen molar-refractivity contribution in [2.45, 2.75) is 37.2 Å². The maximum atomic E-state index is 12.5. The molecule has 9 heteroatoms. The Morgan fingerprint density at radius 3 is 2.64 bits per heavy atom. The zero-order valence-corrected chi connectivity index (χ0v) is 15.4. The highest BCUT2D eigenvalue weighted by Gasteiger charge is 2.35. The molecule has 0 aliphatic carbocycles. The summed E-state index contributed by atoms with van der Waals surface area (Å²) < 4.78 is 23.0. The maximum Gasteiger partial charge on any atom is 0.251 e. The second-order valence-electron chi connectivity index (χ2n) is 6.28.